The number of carbonyl (C=O) groups is 1. The second-order valence-corrected chi connectivity index (χ2v) is 3.97. The van der Waals surface area contributed by atoms with Crippen molar-refractivity contribution >= 4 is 11.6 Å². The van der Waals surface area contributed by atoms with Crippen LogP contribution < -0.4 is 16.4 Å². The highest BCUT2D eigenvalue weighted by Gasteiger charge is 2.06. The van der Waals surface area contributed by atoms with E-state index in [0.29, 0.717) is 11.3 Å². The summed E-state index contributed by atoms with van der Waals surface area (Å²) in [5, 5.41) is 13.5. The molecule has 2 N–H and O–H groups in total. The van der Waals surface area contributed by atoms with E-state index in [4.69, 9.17) is 5.26 Å². The number of nitriles is 1. The van der Waals surface area contributed by atoms with Crippen LogP contribution in [0, 0.1) is 11.3 Å². The molecule has 1 amide bonds. The molecule has 0 atom stereocenters. The highest BCUT2D eigenvalue weighted by atomic mass is 16.2. The molecule has 0 aliphatic rings. The van der Waals surface area contributed by atoms with Crippen molar-refractivity contribution in [3.05, 3.63) is 62.7 Å². The molecule has 7 heteroatoms. The summed E-state index contributed by atoms with van der Waals surface area (Å²) in [5.74, 6) is -0.482. The molecule has 0 saturated carbocycles. The Morgan fingerprint density at radius 1 is 1.30 bits per heavy atom. The number of nitrogens with zero attached hydrogens (tertiary/aromatic N) is 2. The van der Waals surface area contributed by atoms with Crippen molar-refractivity contribution in [3.8, 4) is 6.07 Å². The van der Waals surface area contributed by atoms with Crippen LogP contribution in [0.2, 0.25) is 0 Å². The molecule has 0 spiro atoms. The molecule has 2 aromatic rings. The predicted octanol–water partition coefficient (Wildman–Crippen LogP) is 0.0470. The van der Waals surface area contributed by atoms with Gasteiger partial charge in [0, 0.05) is 17.8 Å². The summed E-state index contributed by atoms with van der Waals surface area (Å²) in [6, 6.07) is 10.5. The average molecular weight is 270 g/mol. The van der Waals surface area contributed by atoms with Gasteiger partial charge in [-0.1, -0.05) is 6.07 Å². The van der Waals surface area contributed by atoms with Crippen molar-refractivity contribution in [2.24, 2.45) is 0 Å². The number of amides is 1. The SMILES string of the molecule is N#Cc1cccc(NC(=O)Cn2[nH]c(=O)ccc2=O)c1. The van der Waals surface area contributed by atoms with E-state index in [9.17, 15) is 14.4 Å². The van der Waals surface area contributed by atoms with Gasteiger partial charge in [0.2, 0.25) is 5.91 Å². The van der Waals surface area contributed by atoms with Gasteiger partial charge in [-0.15, -0.1) is 0 Å². The van der Waals surface area contributed by atoms with Gasteiger partial charge in [-0.3, -0.25) is 19.5 Å². The standard InChI is InChI=1S/C13H10N4O3/c14-7-9-2-1-3-10(6-9)15-12(19)8-17-13(20)5-4-11(18)16-17/h1-6H,8H2,(H,15,19)(H,16,18). The van der Waals surface area contributed by atoms with Crippen LogP contribution in [0.3, 0.4) is 0 Å². The van der Waals surface area contributed by atoms with E-state index in [1.54, 1.807) is 18.2 Å². The fourth-order valence-corrected chi connectivity index (χ4v) is 1.59. The van der Waals surface area contributed by atoms with Crippen LogP contribution >= 0.6 is 0 Å². The Morgan fingerprint density at radius 2 is 2.10 bits per heavy atom. The molecule has 0 bridgehead atoms. The molecule has 0 aliphatic carbocycles. The van der Waals surface area contributed by atoms with Crippen LogP contribution in [-0.4, -0.2) is 15.7 Å². The van der Waals surface area contributed by atoms with Crippen molar-refractivity contribution in [3.63, 3.8) is 0 Å². The van der Waals surface area contributed by atoms with Gasteiger partial charge in [0.05, 0.1) is 11.6 Å². The lowest BCUT2D eigenvalue weighted by molar-refractivity contribution is -0.117. The Labute approximate surface area is 113 Å². The number of hydrogen-bond acceptors (Lipinski definition) is 4. The number of H-pyrrole nitrogens is 1. The maximum absolute atomic E-state index is 11.8. The van der Waals surface area contributed by atoms with Gasteiger partial charge >= 0.3 is 0 Å². The van der Waals surface area contributed by atoms with Crippen molar-refractivity contribution in [2.75, 3.05) is 5.32 Å². The number of hydrogen-bond donors (Lipinski definition) is 2. The first-order chi connectivity index (χ1) is 9.58. The molecular formula is C13H10N4O3. The van der Waals surface area contributed by atoms with Crippen LogP contribution in [0.25, 0.3) is 0 Å². The number of carbonyl (C=O) groups excluding carboxylic acids is 1. The third-order valence-corrected chi connectivity index (χ3v) is 2.47. The third kappa shape index (κ3) is 3.20. The molecule has 0 radical (unpaired) electrons. The van der Waals surface area contributed by atoms with Gasteiger partial charge in [0.25, 0.3) is 11.1 Å². The Morgan fingerprint density at radius 3 is 2.85 bits per heavy atom. The van der Waals surface area contributed by atoms with Crippen molar-refractivity contribution in [1.29, 1.82) is 5.26 Å². The minimum Gasteiger partial charge on any atom is -0.324 e. The largest absolute Gasteiger partial charge is 0.324 e. The number of rotatable bonds is 3. The molecule has 2 rings (SSSR count). The average Bonchev–Trinajstić information content (AvgIpc) is 2.43. The first-order valence-electron chi connectivity index (χ1n) is 5.69. The monoisotopic (exact) mass is 270 g/mol. The zero-order valence-corrected chi connectivity index (χ0v) is 10.3. The third-order valence-electron chi connectivity index (χ3n) is 2.47. The number of aromatic amines is 1. The summed E-state index contributed by atoms with van der Waals surface area (Å²) in [6.07, 6.45) is 0. The van der Waals surface area contributed by atoms with E-state index in [1.807, 2.05) is 6.07 Å². The van der Waals surface area contributed by atoms with E-state index in [-0.39, 0.29) is 6.54 Å². The van der Waals surface area contributed by atoms with E-state index in [2.05, 4.69) is 10.4 Å². The molecule has 1 aromatic carbocycles. The molecule has 0 unspecified atom stereocenters. The molecule has 0 saturated heterocycles. The quantitative estimate of drug-likeness (QED) is 0.821. The summed E-state index contributed by atoms with van der Waals surface area (Å²) >= 11 is 0. The maximum Gasteiger partial charge on any atom is 0.265 e. The Hall–Kier alpha value is -3.14. The molecule has 0 aliphatic heterocycles. The summed E-state index contributed by atoms with van der Waals surface area (Å²) in [4.78, 5) is 34.3. The van der Waals surface area contributed by atoms with Crippen molar-refractivity contribution in [1.82, 2.24) is 9.78 Å². The molecule has 0 fully saturated rings. The minimum absolute atomic E-state index is 0.314. The summed E-state index contributed by atoms with van der Waals surface area (Å²) in [5.41, 5.74) is -0.0946. The second kappa shape index (κ2) is 5.67. The van der Waals surface area contributed by atoms with Gasteiger partial charge in [-0.25, -0.2) is 4.68 Å². The number of anilines is 1. The smallest absolute Gasteiger partial charge is 0.265 e. The molecule has 7 nitrogen and oxygen atoms in total. The maximum atomic E-state index is 11.8. The fraction of sp³-hybridized carbons (Fsp3) is 0.0769. The van der Waals surface area contributed by atoms with E-state index in [1.165, 1.54) is 6.07 Å². The molecule has 20 heavy (non-hydrogen) atoms. The number of aromatic nitrogens is 2. The van der Waals surface area contributed by atoms with E-state index in [0.717, 1.165) is 16.8 Å². The van der Waals surface area contributed by atoms with Gasteiger partial charge in [-0.05, 0) is 18.2 Å². The van der Waals surface area contributed by atoms with Crippen LogP contribution in [0.1, 0.15) is 5.56 Å². The minimum atomic E-state index is -0.482. The topological polar surface area (TPSA) is 108 Å². The Kier molecular flexibility index (Phi) is 3.77. The number of benzene rings is 1. The van der Waals surface area contributed by atoms with Crippen molar-refractivity contribution in [2.45, 2.75) is 6.54 Å². The molecule has 100 valence electrons. The summed E-state index contributed by atoms with van der Waals surface area (Å²) in [6.45, 7) is -0.314. The molecular weight excluding hydrogens is 260 g/mol. The Bertz CT molecular complexity index is 798. The van der Waals surface area contributed by atoms with Crippen LogP contribution in [-0.2, 0) is 11.3 Å². The lowest BCUT2D eigenvalue weighted by Crippen LogP contribution is -2.32. The van der Waals surface area contributed by atoms with Crippen LogP contribution in [0.4, 0.5) is 5.69 Å². The summed E-state index contributed by atoms with van der Waals surface area (Å²) in [7, 11) is 0. The zero-order valence-electron chi connectivity index (χ0n) is 10.3. The molecule has 1 heterocycles. The van der Waals surface area contributed by atoms with Gasteiger partial charge in [-0.2, -0.15) is 5.26 Å². The normalized spacial score (nSPS) is 9.75. The van der Waals surface area contributed by atoms with Crippen LogP contribution in [0.15, 0.2) is 46.0 Å². The first-order valence-corrected chi connectivity index (χ1v) is 5.69. The second-order valence-electron chi connectivity index (χ2n) is 3.97. The molecule has 1 aromatic heterocycles. The summed E-state index contributed by atoms with van der Waals surface area (Å²) < 4.78 is 0.909. The fourth-order valence-electron chi connectivity index (χ4n) is 1.59. The van der Waals surface area contributed by atoms with Crippen molar-refractivity contribution < 1.29 is 4.79 Å². The Balaban J connectivity index is 2.13. The van der Waals surface area contributed by atoms with Crippen LogP contribution in [0.5, 0.6) is 0 Å². The highest BCUT2D eigenvalue weighted by Crippen LogP contribution is 2.09. The van der Waals surface area contributed by atoms with E-state index < -0.39 is 17.0 Å². The zero-order chi connectivity index (χ0) is 14.5. The highest BCUT2D eigenvalue weighted by molar-refractivity contribution is 5.90. The lowest BCUT2D eigenvalue weighted by atomic mass is 10.2. The van der Waals surface area contributed by atoms with Gasteiger partial charge in [0.15, 0.2) is 0 Å². The van der Waals surface area contributed by atoms with Gasteiger partial charge in [0.1, 0.15) is 6.54 Å². The first kappa shape index (κ1) is 13.3. The number of nitrogens with one attached hydrogen (secondary N) is 2. The van der Waals surface area contributed by atoms with Gasteiger partial charge < -0.3 is 5.32 Å². The predicted molar refractivity (Wildman–Crippen MR) is 71.1 cm³/mol. The van der Waals surface area contributed by atoms with E-state index >= 15 is 0 Å². The lowest BCUT2D eigenvalue weighted by Gasteiger charge is -2.07.